The molecule has 2 aromatic rings. The van der Waals surface area contributed by atoms with Crippen molar-refractivity contribution in [3.05, 3.63) is 63.7 Å². The molecule has 1 aromatic carbocycles. The molecule has 3 unspecified atom stereocenters. The van der Waals surface area contributed by atoms with Crippen LogP contribution in [-0.2, 0) is 5.41 Å². The second-order valence-electron chi connectivity index (χ2n) is 7.47. The number of nitrogens with zero attached hydrogens (tertiary/aromatic N) is 2. The van der Waals surface area contributed by atoms with Crippen molar-refractivity contribution in [1.29, 1.82) is 0 Å². The van der Waals surface area contributed by atoms with Crippen molar-refractivity contribution in [2.24, 2.45) is 0 Å². The van der Waals surface area contributed by atoms with E-state index >= 15 is 0 Å². The second kappa shape index (κ2) is 5.26. The Kier molecular flexibility index (Phi) is 3.21. The zero-order valence-electron chi connectivity index (χ0n) is 14.3. The molecule has 2 fully saturated rings. The smallest absolute Gasteiger partial charge is 0.196 e. The number of para-hydroxylation sites is 1. The Labute approximate surface area is 152 Å². The first-order chi connectivity index (χ1) is 12.1. The lowest BCUT2D eigenvalue weighted by Gasteiger charge is -2.50. The minimum atomic E-state index is -0.104. The van der Waals surface area contributed by atoms with Gasteiger partial charge in [0.2, 0.25) is 0 Å². The maximum atomic E-state index is 6.46. The van der Waals surface area contributed by atoms with E-state index in [1.54, 1.807) is 0 Å². The Bertz CT molecular complexity index is 947. The molecule has 4 nitrogen and oxygen atoms in total. The molecule has 2 saturated heterocycles. The van der Waals surface area contributed by atoms with Crippen LogP contribution < -0.4 is 5.73 Å². The zero-order chi connectivity index (χ0) is 17.2. The largest absolute Gasteiger partial charge is 0.398 e. The summed E-state index contributed by atoms with van der Waals surface area (Å²) in [6, 6.07) is 8.80. The molecular formula is C20H22N4S. The van der Waals surface area contributed by atoms with E-state index in [9.17, 15) is 0 Å². The molecule has 2 bridgehead atoms. The van der Waals surface area contributed by atoms with Gasteiger partial charge >= 0.3 is 0 Å². The summed E-state index contributed by atoms with van der Waals surface area (Å²) < 4.78 is 0.563. The van der Waals surface area contributed by atoms with E-state index in [1.165, 1.54) is 22.4 Å². The number of piperidine rings is 1. The van der Waals surface area contributed by atoms with Crippen molar-refractivity contribution in [3.8, 4) is 0 Å². The van der Waals surface area contributed by atoms with E-state index in [2.05, 4.69) is 40.0 Å². The van der Waals surface area contributed by atoms with Gasteiger partial charge in [-0.25, -0.2) is 4.98 Å². The molecule has 3 N–H and O–H groups in total. The van der Waals surface area contributed by atoms with E-state index in [0.29, 0.717) is 16.7 Å². The number of fused-ring (bicyclic) bond motifs is 4. The number of hydrogen-bond acceptors (Lipinski definition) is 4. The first-order valence-electron chi connectivity index (χ1n) is 8.99. The number of nitrogens with one attached hydrogen (secondary N) is 1. The highest BCUT2D eigenvalue weighted by Crippen LogP contribution is 2.58. The average Bonchev–Trinajstić information content (AvgIpc) is 3.03. The van der Waals surface area contributed by atoms with E-state index in [0.717, 1.165) is 31.6 Å². The number of aromatic nitrogens is 2. The number of allylic oxidation sites excluding steroid dienone is 1. The van der Waals surface area contributed by atoms with Gasteiger partial charge in [0.25, 0.3) is 0 Å². The molecular weight excluding hydrogens is 328 g/mol. The van der Waals surface area contributed by atoms with Crippen LogP contribution in [0, 0.1) is 4.77 Å². The number of hydrogen-bond donors (Lipinski definition) is 2. The van der Waals surface area contributed by atoms with Crippen LogP contribution in [0.3, 0.4) is 0 Å². The summed E-state index contributed by atoms with van der Waals surface area (Å²) in [5.41, 5.74) is 12.5. The molecule has 128 valence electrons. The monoisotopic (exact) mass is 350 g/mol. The number of nitrogens with two attached hydrogens (primary N) is 1. The fraction of sp³-hybridized carbons (Fsp3) is 0.400. The normalized spacial score (nSPS) is 32.0. The molecule has 2 aliphatic heterocycles. The summed E-state index contributed by atoms with van der Waals surface area (Å²) in [4.78, 5) is 10.6. The van der Waals surface area contributed by atoms with Gasteiger partial charge in [-0.2, -0.15) is 0 Å². The third kappa shape index (κ3) is 1.91. The number of H-pyrrole nitrogens is 1. The van der Waals surface area contributed by atoms with Crippen molar-refractivity contribution in [1.82, 2.24) is 14.9 Å². The van der Waals surface area contributed by atoms with Crippen LogP contribution in [0.4, 0.5) is 5.69 Å². The molecule has 0 saturated carbocycles. The topological polar surface area (TPSA) is 57.9 Å². The molecule has 0 amide bonds. The van der Waals surface area contributed by atoms with Crippen LogP contribution >= 0.6 is 12.2 Å². The van der Waals surface area contributed by atoms with E-state index < -0.39 is 0 Å². The third-order valence-electron chi connectivity index (χ3n) is 6.57. The van der Waals surface area contributed by atoms with Gasteiger partial charge in [0.05, 0.1) is 5.41 Å². The predicted molar refractivity (Wildman–Crippen MR) is 102 cm³/mol. The van der Waals surface area contributed by atoms with Crippen molar-refractivity contribution in [2.45, 2.75) is 37.1 Å². The lowest BCUT2D eigenvalue weighted by molar-refractivity contribution is 0.171. The van der Waals surface area contributed by atoms with Crippen LogP contribution in [0.5, 0.6) is 0 Å². The Balaban J connectivity index is 1.86. The van der Waals surface area contributed by atoms with Gasteiger partial charge in [0, 0.05) is 42.6 Å². The predicted octanol–water partition coefficient (Wildman–Crippen LogP) is 3.53. The molecule has 0 radical (unpaired) electrons. The molecule has 3 heterocycles. The van der Waals surface area contributed by atoms with Gasteiger partial charge in [-0.05, 0) is 49.2 Å². The summed E-state index contributed by atoms with van der Waals surface area (Å²) in [6.07, 6.45) is 6.49. The fourth-order valence-electron chi connectivity index (χ4n) is 5.51. The lowest BCUT2D eigenvalue weighted by atomic mass is 9.60. The van der Waals surface area contributed by atoms with Crippen LogP contribution in [0.15, 0.2) is 42.1 Å². The van der Waals surface area contributed by atoms with Crippen molar-refractivity contribution in [2.75, 3.05) is 18.8 Å². The Morgan fingerprint density at radius 3 is 3.04 bits per heavy atom. The van der Waals surface area contributed by atoms with Gasteiger partial charge in [0.15, 0.2) is 4.77 Å². The summed E-state index contributed by atoms with van der Waals surface area (Å²) >= 11 is 5.41. The fourth-order valence-corrected chi connectivity index (χ4v) is 5.67. The number of aromatic amines is 1. The maximum absolute atomic E-state index is 6.46. The number of benzene rings is 1. The Hall–Kier alpha value is -1.98. The van der Waals surface area contributed by atoms with E-state index in [4.69, 9.17) is 18.0 Å². The number of nitrogen functional groups attached to an aromatic ring is 1. The number of rotatable bonds is 1. The van der Waals surface area contributed by atoms with E-state index in [1.807, 2.05) is 18.3 Å². The molecule has 3 aliphatic rings. The van der Waals surface area contributed by atoms with Crippen molar-refractivity contribution >= 4 is 17.9 Å². The molecule has 25 heavy (non-hydrogen) atoms. The molecule has 5 heteroatoms. The van der Waals surface area contributed by atoms with E-state index in [-0.39, 0.29) is 5.41 Å². The van der Waals surface area contributed by atoms with Crippen LogP contribution in [0.1, 0.15) is 42.5 Å². The molecule has 0 spiro atoms. The second-order valence-corrected chi connectivity index (χ2v) is 7.85. The van der Waals surface area contributed by atoms with Crippen molar-refractivity contribution < 1.29 is 0 Å². The highest BCUT2D eigenvalue weighted by molar-refractivity contribution is 7.71. The third-order valence-corrected chi connectivity index (χ3v) is 6.78. The average molecular weight is 350 g/mol. The number of anilines is 1. The summed E-state index contributed by atoms with van der Waals surface area (Å²) in [5.74, 6) is 0.441. The van der Waals surface area contributed by atoms with Gasteiger partial charge < -0.3 is 10.7 Å². The van der Waals surface area contributed by atoms with Crippen LogP contribution in [0.25, 0.3) is 0 Å². The molecule has 3 atom stereocenters. The van der Waals surface area contributed by atoms with Gasteiger partial charge in [-0.3, -0.25) is 4.90 Å². The SMILES string of the molecule is CC=C1CN2CCC3(c4ccccc4N)c4[nH]c(=S)ncc4C1CC23. The summed E-state index contributed by atoms with van der Waals surface area (Å²) in [6.45, 7) is 4.29. The maximum Gasteiger partial charge on any atom is 0.196 e. The van der Waals surface area contributed by atoms with Crippen LogP contribution in [-0.4, -0.2) is 34.0 Å². The quantitative estimate of drug-likeness (QED) is 0.469. The van der Waals surface area contributed by atoms with Gasteiger partial charge in [-0.1, -0.05) is 29.8 Å². The first-order valence-corrected chi connectivity index (χ1v) is 9.40. The first kappa shape index (κ1) is 15.3. The standard InChI is InChI=1S/C20H22N4S/c1-2-12-11-24-8-7-20(15-5-3-4-6-16(15)21)17(24)9-13(12)14-10-22-19(25)23-18(14)20/h2-6,10,13,17H,7-9,11,21H2,1H3,(H,22,23,25). The molecule has 1 aromatic heterocycles. The summed E-state index contributed by atoms with van der Waals surface area (Å²) in [7, 11) is 0. The van der Waals surface area contributed by atoms with Gasteiger partial charge in [-0.15, -0.1) is 0 Å². The van der Waals surface area contributed by atoms with Gasteiger partial charge in [0.1, 0.15) is 0 Å². The molecule has 5 rings (SSSR count). The highest BCUT2D eigenvalue weighted by atomic mass is 32.1. The lowest BCUT2D eigenvalue weighted by Crippen LogP contribution is -2.52. The summed E-state index contributed by atoms with van der Waals surface area (Å²) in [5, 5.41) is 0. The molecule has 1 aliphatic carbocycles. The minimum absolute atomic E-state index is 0.104. The van der Waals surface area contributed by atoms with Crippen LogP contribution in [0.2, 0.25) is 0 Å². The Morgan fingerprint density at radius 2 is 2.24 bits per heavy atom. The Morgan fingerprint density at radius 1 is 1.40 bits per heavy atom. The zero-order valence-corrected chi connectivity index (χ0v) is 15.1. The minimum Gasteiger partial charge on any atom is -0.398 e. The highest BCUT2D eigenvalue weighted by Gasteiger charge is 2.58. The van der Waals surface area contributed by atoms with Crippen molar-refractivity contribution in [3.63, 3.8) is 0 Å².